The van der Waals surface area contributed by atoms with Gasteiger partial charge in [0.1, 0.15) is 11.5 Å². The topological polar surface area (TPSA) is 29.5 Å². The highest BCUT2D eigenvalue weighted by atomic mass is 35.5. The van der Waals surface area contributed by atoms with E-state index in [0.29, 0.717) is 22.4 Å². The Hall–Kier alpha value is -1.03. The van der Waals surface area contributed by atoms with E-state index in [-0.39, 0.29) is 5.75 Å². The van der Waals surface area contributed by atoms with Gasteiger partial charge in [0.15, 0.2) is 0 Å². The van der Waals surface area contributed by atoms with Crippen LogP contribution in [0, 0.1) is 0 Å². The highest BCUT2D eigenvalue weighted by Gasteiger charge is 2.02. The Balaban J connectivity index is 1.81. The molecule has 0 spiro atoms. The van der Waals surface area contributed by atoms with E-state index < -0.39 is 0 Å². The molecule has 0 aliphatic heterocycles. The first-order chi connectivity index (χ1) is 9.15. The minimum absolute atomic E-state index is 0.270. The molecule has 0 amide bonds. The summed E-state index contributed by atoms with van der Waals surface area (Å²) in [6.07, 6.45) is 0. The third-order valence-corrected chi connectivity index (χ3v) is 3.81. The van der Waals surface area contributed by atoms with Gasteiger partial charge in [0.05, 0.1) is 11.6 Å². The quantitative estimate of drug-likeness (QED) is 0.630. The summed E-state index contributed by atoms with van der Waals surface area (Å²) < 4.78 is 5.57. The lowest BCUT2D eigenvalue weighted by atomic mass is 10.3. The number of ether oxygens (including phenoxy) is 1. The fourth-order valence-electron chi connectivity index (χ4n) is 1.48. The number of halogens is 2. The standard InChI is InChI=1S/C14H12Cl2O2S/c15-10-4-5-14(13(16)8-10)18-6-7-19-12-3-1-2-11(17)9-12/h1-5,8-9,17H,6-7H2. The molecule has 0 saturated carbocycles. The first kappa shape index (κ1) is 14.4. The van der Waals surface area contributed by atoms with Crippen LogP contribution in [0.5, 0.6) is 11.5 Å². The van der Waals surface area contributed by atoms with Crippen LogP contribution in [0.1, 0.15) is 0 Å². The van der Waals surface area contributed by atoms with Crippen LogP contribution in [0.25, 0.3) is 0 Å². The van der Waals surface area contributed by atoms with Gasteiger partial charge in [-0.25, -0.2) is 0 Å². The molecule has 0 heterocycles. The Kier molecular flexibility index (Phi) is 5.25. The number of thioether (sulfide) groups is 1. The molecular formula is C14H12Cl2O2S. The van der Waals surface area contributed by atoms with Crippen LogP contribution in [-0.2, 0) is 0 Å². The van der Waals surface area contributed by atoms with Crippen molar-refractivity contribution in [2.75, 3.05) is 12.4 Å². The fourth-order valence-corrected chi connectivity index (χ4v) is 2.72. The molecule has 0 aliphatic carbocycles. The lowest BCUT2D eigenvalue weighted by molar-refractivity contribution is 0.344. The van der Waals surface area contributed by atoms with E-state index in [1.807, 2.05) is 12.1 Å². The van der Waals surface area contributed by atoms with E-state index in [2.05, 4.69) is 0 Å². The number of phenols is 1. The number of hydrogen-bond acceptors (Lipinski definition) is 3. The Labute approximate surface area is 126 Å². The molecule has 0 unspecified atom stereocenters. The van der Waals surface area contributed by atoms with Crippen LogP contribution in [0.4, 0.5) is 0 Å². The SMILES string of the molecule is Oc1cccc(SCCOc2ccc(Cl)cc2Cl)c1. The minimum atomic E-state index is 0.270. The zero-order valence-electron chi connectivity index (χ0n) is 9.98. The van der Waals surface area contributed by atoms with Gasteiger partial charge >= 0.3 is 0 Å². The molecule has 100 valence electrons. The lowest BCUT2D eigenvalue weighted by Crippen LogP contribution is -2.00. The van der Waals surface area contributed by atoms with Crippen molar-refractivity contribution in [2.45, 2.75) is 4.90 Å². The minimum Gasteiger partial charge on any atom is -0.508 e. The highest BCUT2D eigenvalue weighted by molar-refractivity contribution is 7.99. The summed E-state index contributed by atoms with van der Waals surface area (Å²) in [5.74, 6) is 1.66. The largest absolute Gasteiger partial charge is 0.508 e. The average Bonchev–Trinajstić information content (AvgIpc) is 2.37. The number of phenolic OH excluding ortho intramolecular Hbond substituents is 1. The van der Waals surface area contributed by atoms with E-state index in [1.165, 1.54) is 0 Å². The zero-order valence-corrected chi connectivity index (χ0v) is 12.3. The summed E-state index contributed by atoms with van der Waals surface area (Å²) in [4.78, 5) is 1.01. The summed E-state index contributed by atoms with van der Waals surface area (Å²) >= 11 is 13.4. The van der Waals surface area contributed by atoms with Crippen LogP contribution >= 0.6 is 35.0 Å². The van der Waals surface area contributed by atoms with Crippen molar-refractivity contribution in [1.82, 2.24) is 0 Å². The average molecular weight is 315 g/mol. The zero-order chi connectivity index (χ0) is 13.7. The summed E-state index contributed by atoms with van der Waals surface area (Å²) in [6.45, 7) is 0.529. The van der Waals surface area contributed by atoms with Gasteiger partial charge in [-0.05, 0) is 36.4 Å². The fraction of sp³-hybridized carbons (Fsp3) is 0.143. The molecule has 5 heteroatoms. The van der Waals surface area contributed by atoms with Gasteiger partial charge in [-0.2, -0.15) is 0 Å². The van der Waals surface area contributed by atoms with E-state index in [1.54, 1.807) is 42.1 Å². The van der Waals surface area contributed by atoms with Gasteiger partial charge in [0, 0.05) is 15.7 Å². The second kappa shape index (κ2) is 6.94. The van der Waals surface area contributed by atoms with Gasteiger partial charge in [-0.15, -0.1) is 11.8 Å². The predicted molar refractivity (Wildman–Crippen MR) is 80.8 cm³/mol. The van der Waals surface area contributed by atoms with Crippen LogP contribution in [-0.4, -0.2) is 17.5 Å². The van der Waals surface area contributed by atoms with Crippen molar-refractivity contribution in [3.63, 3.8) is 0 Å². The molecule has 19 heavy (non-hydrogen) atoms. The van der Waals surface area contributed by atoms with Gasteiger partial charge in [-0.1, -0.05) is 29.3 Å². The maximum atomic E-state index is 9.34. The number of aromatic hydroxyl groups is 1. The van der Waals surface area contributed by atoms with Crippen molar-refractivity contribution in [2.24, 2.45) is 0 Å². The monoisotopic (exact) mass is 314 g/mol. The lowest BCUT2D eigenvalue weighted by Gasteiger charge is -2.08. The molecule has 2 nitrogen and oxygen atoms in total. The molecule has 0 atom stereocenters. The third-order valence-electron chi connectivity index (χ3n) is 2.32. The van der Waals surface area contributed by atoms with E-state index >= 15 is 0 Å². The summed E-state index contributed by atoms with van der Waals surface area (Å²) in [6, 6.07) is 12.3. The number of benzene rings is 2. The summed E-state index contributed by atoms with van der Waals surface area (Å²) in [5, 5.41) is 10.4. The summed E-state index contributed by atoms with van der Waals surface area (Å²) in [5.41, 5.74) is 0. The molecule has 2 rings (SSSR count). The van der Waals surface area contributed by atoms with Crippen molar-refractivity contribution in [1.29, 1.82) is 0 Å². The first-order valence-electron chi connectivity index (χ1n) is 5.65. The van der Waals surface area contributed by atoms with Gasteiger partial charge in [0.25, 0.3) is 0 Å². The molecule has 0 aliphatic rings. The Morgan fingerprint density at radius 2 is 1.95 bits per heavy atom. The van der Waals surface area contributed by atoms with E-state index in [4.69, 9.17) is 27.9 Å². The molecule has 0 bridgehead atoms. The second-order valence-electron chi connectivity index (χ2n) is 3.77. The first-order valence-corrected chi connectivity index (χ1v) is 7.39. The number of hydrogen-bond donors (Lipinski definition) is 1. The third kappa shape index (κ3) is 4.53. The Morgan fingerprint density at radius 3 is 2.68 bits per heavy atom. The van der Waals surface area contributed by atoms with E-state index in [0.717, 1.165) is 10.6 Å². The summed E-state index contributed by atoms with van der Waals surface area (Å²) in [7, 11) is 0. The normalized spacial score (nSPS) is 10.4. The van der Waals surface area contributed by atoms with Gasteiger partial charge < -0.3 is 9.84 Å². The molecule has 2 aromatic rings. The molecule has 2 aromatic carbocycles. The Bertz CT molecular complexity index is 561. The van der Waals surface area contributed by atoms with Crippen LogP contribution in [0.3, 0.4) is 0 Å². The second-order valence-corrected chi connectivity index (χ2v) is 5.78. The Morgan fingerprint density at radius 1 is 1.11 bits per heavy atom. The van der Waals surface area contributed by atoms with Crippen LogP contribution in [0.2, 0.25) is 10.0 Å². The maximum absolute atomic E-state index is 9.34. The van der Waals surface area contributed by atoms with Crippen molar-refractivity contribution < 1.29 is 9.84 Å². The maximum Gasteiger partial charge on any atom is 0.138 e. The highest BCUT2D eigenvalue weighted by Crippen LogP contribution is 2.28. The molecular weight excluding hydrogens is 303 g/mol. The van der Waals surface area contributed by atoms with Crippen molar-refractivity contribution in [3.05, 3.63) is 52.5 Å². The van der Waals surface area contributed by atoms with Crippen molar-refractivity contribution >= 4 is 35.0 Å². The van der Waals surface area contributed by atoms with Crippen LogP contribution in [0.15, 0.2) is 47.4 Å². The van der Waals surface area contributed by atoms with Gasteiger partial charge in [-0.3, -0.25) is 0 Å². The number of rotatable bonds is 5. The smallest absolute Gasteiger partial charge is 0.138 e. The van der Waals surface area contributed by atoms with Crippen molar-refractivity contribution in [3.8, 4) is 11.5 Å². The molecule has 1 N–H and O–H groups in total. The molecule has 0 aromatic heterocycles. The van der Waals surface area contributed by atoms with E-state index in [9.17, 15) is 5.11 Å². The van der Waals surface area contributed by atoms with Crippen LogP contribution < -0.4 is 4.74 Å². The molecule has 0 saturated heterocycles. The predicted octanol–water partition coefficient (Wildman–Crippen LogP) is 4.87. The molecule has 0 radical (unpaired) electrons. The molecule has 0 fully saturated rings. The van der Waals surface area contributed by atoms with Gasteiger partial charge in [0.2, 0.25) is 0 Å².